The third-order valence-electron chi connectivity index (χ3n) is 5.63. The number of thioether (sulfide) groups is 1. The van der Waals surface area contributed by atoms with Crippen LogP contribution in [0.5, 0.6) is 5.75 Å². The van der Waals surface area contributed by atoms with Crippen LogP contribution < -0.4 is 10.1 Å². The zero-order chi connectivity index (χ0) is 26.5. The number of rotatable bonds is 13. The zero-order valence-corrected chi connectivity index (χ0v) is 22.8. The van der Waals surface area contributed by atoms with Gasteiger partial charge in [-0.2, -0.15) is 0 Å². The van der Waals surface area contributed by atoms with E-state index in [1.54, 1.807) is 19.0 Å². The van der Waals surface area contributed by atoms with Gasteiger partial charge in [0.2, 0.25) is 5.91 Å². The average Bonchev–Trinajstić information content (AvgIpc) is 2.85. The van der Waals surface area contributed by atoms with E-state index in [9.17, 15) is 14.4 Å². The lowest BCUT2D eigenvalue weighted by atomic mass is 10.0. The number of nitrogens with zero attached hydrogens (tertiary/aromatic N) is 2. The van der Waals surface area contributed by atoms with Crippen LogP contribution in [0.3, 0.4) is 0 Å². The molecule has 2 atom stereocenters. The Hall–Kier alpha value is -3.00. The second kappa shape index (κ2) is 15.2. The molecule has 0 aliphatic carbocycles. The van der Waals surface area contributed by atoms with Crippen LogP contribution in [-0.2, 0) is 16.0 Å². The second-order valence-corrected chi connectivity index (χ2v) is 10.6. The van der Waals surface area contributed by atoms with E-state index in [-0.39, 0.29) is 29.7 Å². The van der Waals surface area contributed by atoms with Gasteiger partial charge in [0.05, 0.1) is 6.04 Å². The highest BCUT2D eigenvalue weighted by Crippen LogP contribution is 2.17. The van der Waals surface area contributed by atoms with Crippen LogP contribution in [0, 0.1) is 5.92 Å². The highest BCUT2D eigenvalue weighted by Gasteiger charge is 2.30. The summed E-state index contributed by atoms with van der Waals surface area (Å²) in [6.45, 7) is 6.44. The first kappa shape index (κ1) is 29.2. The topological polar surface area (TPSA) is 79.0 Å². The predicted molar refractivity (Wildman–Crippen MR) is 146 cm³/mol. The molecule has 0 radical (unpaired) electrons. The Balaban J connectivity index is 2.27. The lowest BCUT2D eigenvalue weighted by molar-refractivity contribution is -0.130. The van der Waals surface area contributed by atoms with Gasteiger partial charge in [-0.1, -0.05) is 74.1 Å². The van der Waals surface area contributed by atoms with E-state index >= 15 is 0 Å². The molecule has 8 heteroatoms. The Morgan fingerprint density at radius 1 is 0.972 bits per heavy atom. The van der Waals surface area contributed by atoms with Gasteiger partial charge in [-0.05, 0) is 30.0 Å². The predicted octanol–water partition coefficient (Wildman–Crippen LogP) is 4.47. The molecule has 0 saturated heterocycles. The Labute approximate surface area is 219 Å². The molecule has 0 aliphatic heterocycles. The molecule has 0 spiro atoms. The first-order chi connectivity index (χ1) is 17.2. The monoisotopic (exact) mass is 513 g/mol. The SMILES string of the molecule is CC(=O)SCC(COc1ccccc1)N(CCC(C)C)C(=O)N[C@@H](Cc1ccccc1)C(=O)N(C)C. The molecule has 0 aliphatic rings. The fraction of sp³-hybridized carbons (Fsp3) is 0.464. The van der Waals surface area contributed by atoms with Crippen molar-refractivity contribution in [1.82, 2.24) is 15.1 Å². The fourth-order valence-corrected chi connectivity index (χ4v) is 4.29. The van der Waals surface area contributed by atoms with Crippen molar-refractivity contribution in [2.45, 2.75) is 45.7 Å². The number of nitrogens with one attached hydrogen (secondary N) is 1. The van der Waals surface area contributed by atoms with Gasteiger partial charge < -0.3 is 19.9 Å². The molecule has 0 fully saturated rings. The van der Waals surface area contributed by atoms with Gasteiger partial charge in [-0.3, -0.25) is 9.59 Å². The molecule has 196 valence electrons. The number of carbonyl (C=O) groups is 3. The van der Waals surface area contributed by atoms with Crippen molar-refractivity contribution in [3.8, 4) is 5.75 Å². The quantitative estimate of drug-likeness (QED) is 0.428. The van der Waals surface area contributed by atoms with E-state index in [0.717, 1.165) is 12.0 Å². The minimum atomic E-state index is -0.715. The molecular formula is C28H39N3O4S. The molecular weight excluding hydrogens is 474 g/mol. The number of likely N-dealkylation sites (N-methyl/N-ethyl adjacent to an activating group) is 1. The van der Waals surface area contributed by atoms with Crippen LogP contribution in [0.15, 0.2) is 60.7 Å². The van der Waals surface area contributed by atoms with Gasteiger partial charge in [0.15, 0.2) is 5.12 Å². The zero-order valence-electron chi connectivity index (χ0n) is 22.0. The molecule has 0 bridgehead atoms. The molecule has 0 saturated carbocycles. The van der Waals surface area contributed by atoms with Crippen molar-refractivity contribution in [3.05, 3.63) is 66.2 Å². The van der Waals surface area contributed by atoms with Gasteiger partial charge in [0.25, 0.3) is 0 Å². The molecule has 0 aromatic heterocycles. The first-order valence-corrected chi connectivity index (χ1v) is 13.3. The summed E-state index contributed by atoms with van der Waals surface area (Å²) in [5, 5.41) is 2.96. The Morgan fingerprint density at radius 3 is 2.14 bits per heavy atom. The summed E-state index contributed by atoms with van der Waals surface area (Å²) in [5.41, 5.74) is 0.961. The van der Waals surface area contributed by atoms with E-state index in [1.807, 2.05) is 60.7 Å². The summed E-state index contributed by atoms with van der Waals surface area (Å²) in [6, 6.07) is 17.6. The highest BCUT2D eigenvalue weighted by atomic mass is 32.2. The summed E-state index contributed by atoms with van der Waals surface area (Å²) in [5.74, 6) is 1.30. The van der Waals surface area contributed by atoms with Crippen molar-refractivity contribution in [1.29, 1.82) is 0 Å². The van der Waals surface area contributed by atoms with Crippen molar-refractivity contribution >= 4 is 28.8 Å². The number of hydrogen-bond donors (Lipinski definition) is 1. The summed E-state index contributed by atoms with van der Waals surface area (Å²) < 4.78 is 6.00. The van der Waals surface area contributed by atoms with Crippen molar-refractivity contribution < 1.29 is 19.1 Å². The number of urea groups is 1. The first-order valence-electron chi connectivity index (χ1n) is 12.3. The molecule has 1 N–H and O–H groups in total. The molecule has 1 unspecified atom stereocenters. The van der Waals surface area contributed by atoms with Gasteiger partial charge in [0.1, 0.15) is 18.4 Å². The number of amides is 3. The van der Waals surface area contributed by atoms with E-state index in [0.29, 0.717) is 30.4 Å². The van der Waals surface area contributed by atoms with Crippen LogP contribution >= 0.6 is 11.8 Å². The minimum Gasteiger partial charge on any atom is -0.491 e. The van der Waals surface area contributed by atoms with E-state index in [1.165, 1.54) is 23.6 Å². The maximum atomic E-state index is 13.7. The third kappa shape index (κ3) is 10.3. The van der Waals surface area contributed by atoms with Crippen molar-refractivity contribution in [2.24, 2.45) is 5.92 Å². The van der Waals surface area contributed by atoms with Crippen LogP contribution in [-0.4, -0.2) is 71.9 Å². The Morgan fingerprint density at radius 2 is 1.58 bits per heavy atom. The highest BCUT2D eigenvalue weighted by molar-refractivity contribution is 8.13. The van der Waals surface area contributed by atoms with Gasteiger partial charge in [-0.25, -0.2) is 4.79 Å². The minimum absolute atomic E-state index is 0.0198. The van der Waals surface area contributed by atoms with Crippen LogP contribution in [0.25, 0.3) is 0 Å². The Bertz CT molecular complexity index is 954. The van der Waals surface area contributed by atoms with Gasteiger partial charge in [-0.15, -0.1) is 0 Å². The van der Waals surface area contributed by atoms with Crippen LogP contribution in [0.1, 0.15) is 32.8 Å². The molecule has 2 rings (SSSR count). The Kier molecular flexibility index (Phi) is 12.3. The number of carbonyl (C=O) groups excluding carboxylic acids is 3. The second-order valence-electron chi connectivity index (χ2n) is 9.38. The number of benzene rings is 2. The molecule has 0 heterocycles. The molecule has 2 aromatic carbocycles. The van der Waals surface area contributed by atoms with Gasteiger partial charge in [0, 0.05) is 39.7 Å². The lowest BCUT2D eigenvalue weighted by Gasteiger charge is -2.34. The van der Waals surface area contributed by atoms with Crippen LogP contribution in [0.4, 0.5) is 4.79 Å². The number of para-hydroxylation sites is 1. The van der Waals surface area contributed by atoms with E-state index < -0.39 is 6.04 Å². The smallest absolute Gasteiger partial charge is 0.318 e. The van der Waals surface area contributed by atoms with E-state index in [4.69, 9.17) is 4.74 Å². The van der Waals surface area contributed by atoms with E-state index in [2.05, 4.69) is 19.2 Å². The molecule has 2 aromatic rings. The summed E-state index contributed by atoms with van der Waals surface area (Å²) in [4.78, 5) is 41.7. The lowest BCUT2D eigenvalue weighted by Crippen LogP contribution is -2.56. The third-order valence-corrected chi connectivity index (χ3v) is 6.59. The van der Waals surface area contributed by atoms with Crippen molar-refractivity contribution in [2.75, 3.05) is 33.0 Å². The summed E-state index contributed by atoms with van der Waals surface area (Å²) in [6.07, 6.45) is 1.17. The number of ether oxygens (including phenoxy) is 1. The van der Waals surface area contributed by atoms with Crippen LogP contribution in [0.2, 0.25) is 0 Å². The normalized spacial score (nSPS) is 12.5. The average molecular weight is 514 g/mol. The maximum absolute atomic E-state index is 13.7. The largest absolute Gasteiger partial charge is 0.491 e. The fourth-order valence-electron chi connectivity index (χ4n) is 3.59. The van der Waals surface area contributed by atoms with Crippen molar-refractivity contribution in [3.63, 3.8) is 0 Å². The number of hydrogen-bond acceptors (Lipinski definition) is 5. The maximum Gasteiger partial charge on any atom is 0.318 e. The van der Waals surface area contributed by atoms with Gasteiger partial charge >= 0.3 is 6.03 Å². The molecule has 3 amide bonds. The standard InChI is InChI=1S/C28H39N3O4S/c1-21(2)16-17-31(24(20-36-22(3)32)19-35-25-14-10-7-11-15-25)28(34)29-26(27(33)30(4)5)18-23-12-8-6-9-13-23/h6-15,21,24,26H,16-20H2,1-5H3,(H,29,34)/t24?,26-/m0/s1. The summed E-state index contributed by atoms with van der Waals surface area (Å²) in [7, 11) is 3.37. The molecule has 36 heavy (non-hydrogen) atoms. The molecule has 7 nitrogen and oxygen atoms in total. The summed E-state index contributed by atoms with van der Waals surface area (Å²) >= 11 is 1.17.